The molecule has 0 aliphatic carbocycles. The van der Waals surface area contributed by atoms with Gasteiger partial charge in [0.05, 0.1) is 19.1 Å². The van der Waals surface area contributed by atoms with Crippen LogP contribution in [0.15, 0.2) is 45.3 Å². The number of carbonyl (C=O) groups excluding carboxylic acids is 2. The Morgan fingerprint density at radius 2 is 1.83 bits per heavy atom. The SMILES string of the molecule is COc1ccc(C(=O)CC2OC(=O)c3cc(Br)c(Br)cc32)cc1. The highest BCUT2D eigenvalue weighted by Gasteiger charge is 2.33. The maximum Gasteiger partial charge on any atom is 0.339 e. The number of halogens is 2. The van der Waals surface area contributed by atoms with Crippen LogP contribution < -0.4 is 4.74 Å². The molecule has 0 fully saturated rings. The van der Waals surface area contributed by atoms with Crippen molar-refractivity contribution in [3.63, 3.8) is 0 Å². The van der Waals surface area contributed by atoms with Gasteiger partial charge < -0.3 is 9.47 Å². The highest BCUT2D eigenvalue weighted by Crippen LogP contribution is 2.38. The van der Waals surface area contributed by atoms with Crippen molar-refractivity contribution in [2.75, 3.05) is 7.11 Å². The van der Waals surface area contributed by atoms with Crippen molar-refractivity contribution in [2.24, 2.45) is 0 Å². The summed E-state index contributed by atoms with van der Waals surface area (Å²) in [5.41, 5.74) is 1.78. The Hall–Kier alpha value is -1.66. The summed E-state index contributed by atoms with van der Waals surface area (Å²) in [6.07, 6.45) is -0.449. The van der Waals surface area contributed by atoms with Crippen molar-refractivity contribution in [1.82, 2.24) is 0 Å². The molecule has 118 valence electrons. The Morgan fingerprint density at radius 3 is 2.48 bits per heavy atom. The number of methoxy groups -OCH3 is 1. The summed E-state index contributed by atoms with van der Waals surface area (Å²) < 4.78 is 12.0. The average molecular weight is 440 g/mol. The standard InChI is InChI=1S/C17H12Br2O4/c1-22-10-4-2-9(3-5-10)15(20)8-16-11-6-13(18)14(19)7-12(11)17(21)23-16/h2-7,16H,8H2,1H3. The molecule has 0 spiro atoms. The molecular weight excluding hydrogens is 428 g/mol. The van der Waals surface area contributed by atoms with Crippen LogP contribution in [0.5, 0.6) is 5.75 Å². The summed E-state index contributed by atoms with van der Waals surface area (Å²) in [5.74, 6) is 0.200. The zero-order chi connectivity index (χ0) is 16.6. The van der Waals surface area contributed by atoms with E-state index in [0.29, 0.717) is 16.9 Å². The number of hydrogen-bond donors (Lipinski definition) is 0. The highest BCUT2D eigenvalue weighted by atomic mass is 79.9. The van der Waals surface area contributed by atoms with Gasteiger partial charge in [-0.25, -0.2) is 4.79 Å². The van der Waals surface area contributed by atoms with Crippen LogP contribution in [0.2, 0.25) is 0 Å². The predicted octanol–water partition coefficient (Wildman–Crippen LogP) is 4.70. The number of benzene rings is 2. The molecule has 1 aliphatic rings. The van der Waals surface area contributed by atoms with E-state index in [1.54, 1.807) is 37.4 Å². The summed E-state index contributed by atoms with van der Waals surface area (Å²) in [6, 6.07) is 10.4. The van der Waals surface area contributed by atoms with E-state index in [2.05, 4.69) is 31.9 Å². The van der Waals surface area contributed by atoms with Crippen LogP contribution in [0.25, 0.3) is 0 Å². The minimum atomic E-state index is -0.559. The molecule has 1 atom stereocenters. The van der Waals surface area contributed by atoms with Crippen LogP contribution in [0.4, 0.5) is 0 Å². The number of fused-ring (bicyclic) bond motifs is 1. The molecular formula is C17H12Br2O4. The fourth-order valence-electron chi connectivity index (χ4n) is 2.48. The van der Waals surface area contributed by atoms with Crippen molar-refractivity contribution >= 4 is 43.6 Å². The molecule has 23 heavy (non-hydrogen) atoms. The minimum absolute atomic E-state index is 0.0858. The fourth-order valence-corrected chi connectivity index (χ4v) is 3.18. The molecule has 0 amide bonds. The van der Waals surface area contributed by atoms with Gasteiger partial charge in [-0.3, -0.25) is 4.79 Å². The molecule has 0 saturated heterocycles. The molecule has 2 aromatic rings. The number of ether oxygens (including phenoxy) is 2. The summed E-state index contributed by atoms with van der Waals surface area (Å²) in [6.45, 7) is 0. The van der Waals surface area contributed by atoms with Gasteiger partial charge in [0.2, 0.25) is 0 Å². The Kier molecular flexibility index (Phi) is 4.55. The third kappa shape index (κ3) is 3.19. The molecule has 0 saturated carbocycles. The number of esters is 1. The fraction of sp³-hybridized carbons (Fsp3) is 0.176. The molecule has 0 radical (unpaired) electrons. The number of rotatable bonds is 4. The first-order chi connectivity index (χ1) is 11.0. The number of Topliss-reactive ketones (excluding diaryl/α,β-unsaturated/α-hetero) is 1. The minimum Gasteiger partial charge on any atom is -0.497 e. The van der Waals surface area contributed by atoms with E-state index in [9.17, 15) is 9.59 Å². The van der Waals surface area contributed by atoms with Crippen LogP contribution in [-0.2, 0) is 4.74 Å². The van der Waals surface area contributed by atoms with Crippen molar-refractivity contribution in [1.29, 1.82) is 0 Å². The van der Waals surface area contributed by atoms with E-state index in [1.807, 2.05) is 6.07 Å². The van der Waals surface area contributed by atoms with Gasteiger partial charge in [0.1, 0.15) is 11.9 Å². The quantitative estimate of drug-likeness (QED) is 0.511. The van der Waals surface area contributed by atoms with Crippen molar-refractivity contribution < 1.29 is 19.1 Å². The topological polar surface area (TPSA) is 52.6 Å². The van der Waals surface area contributed by atoms with E-state index in [0.717, 1.165) is 14.5 Å². The van der Waals surface area contributed by atoms with Crippen LogP contribution in [0.1, 0.15) is 38.8 Å². The lowest BCUT2D eigenvalue weighted by Gasteiger charge is -2.11. The molecule has 0 N–H and O–H groups in total. The van der Waals surface area contributed by atoms with E-state index in [1.165, 1.54) is 0 Å². The van der Waals surface area contributed by atoms with Crippen LogP contribution >= 0.6 is 31.9 Å². The molecule has 1 unspecified atom stereocenters. The van der Waals surface area contributed by atoms with Gasteiger partial charge in [0.25, 0.3) is 0 Å². The highest BCUT2D eigenvalue weighted by molar-refractivity contribution is 9.13. The zero-order valence-electron chi connectivity index (χ0n) is 12.1. The second-order valence-electron chi connectivity index (χ2n) is 5.10. The first-order valence-corrected chi connectivity index (χ1v) is 8.45. The lowest BCUT2D eigenvalue weighted by atomic mass is 9.98. The summed E-state index contributed by atoms with van der Waals surface area (Å²) in [5, 5.41) is 0. The van der Waals surface area contributed by atoms with Crippen LogP contribution in [0.3, 0.4) is 0 Å². The maximum absolute atomic E-state index is 12.4. The largest absolute Gasteiger partial charge is 0.497 e. The van der Waals surface area contributed by atoms with Crippen molar-refractivity contribution in [2.45, 2.75) is 12.5 Å². The molecule has 2 aromatic carbocycles. The van der Waals surface area contributed by atoms with E-state index >= 15 is 0 Å². The van der Waals surface area contributed by atoms with Gasteiger partial charge in [-0.15, -0.1) is 0 Å². The number of hydrogen-bond acceptors (Lipinski definition) is 4. The number of cyclic esters (lactones) is 1. The van der Waals surface area contributed by atoms with Crippen LogP contribution in [-0.4, -0.2) is 18.9 Å². The summed E-state index contributed by atoms with van der Waals surface area (Å²) >= 11 is 6.77. The van der Waals surface area contributed by atoms with E-state index < -0.39 is 12.1 Å². The Balaban J connectivity index is 1.83. The first-order valence-electron chi connectivity index (χ1n) is 6.86. The van der Waals surface area contributed by atoms with Gasteiger partial charge in [-0.05, 0) is 68.3 Å². The monoisotopic (exact) mass is 438 g/mol. The van der Waals surface area contributed by atoms with Crippen LogP contribution in [0, 0.1) is 0 Å². The first kappa shape index (κ1) is 16.2. The van der Waals surface area contributed by atoms with Gasteiger partial charge in [0, 0.05) is 20.1 Å². The third-order valence-corrected chi connectivity index (χ3v) is 5.54. The molecule has 1 aliphatic heterocycles. The van der Waals surface area contributed by atoms with Gasteiger partial charge >= 0.3 is 5.97 Å². The maximum atomic E-state index is 12.4. The zero-order valence-corrected chi connectivity index (χ0v) is 15.3. The van der Waals surface area contributed by atoms with Crippen molar-refractivity contribution in [3.05, 3.63) is 62.0 Å². The lowest BCUT2D eigenvalue weighted by Crippen LogP contribution is -2.07. The average Bonchev–Trinajstić information content (AvgIpc) is 2.83. The molecule has 6 heteroatoms. The van der Waals surface area contributed by atoms with Gasteiger partial charge in [0.15, 0.2) is 5.78 Å². The summed E-state index contributed by atoms with van der Waals surface area (Å²) in [7, 11) is 1.57. The molecule has 1 heterocycles. The summed E-state index contributed by atoms with van der Waals surface area (Å²) in [4.78, 5) is 24.4. The smallest absolute Gasteiger partial charge is 0.339 e. The normalized spacial score (nSPS) is 16.0. The Morgan fingerprint density at radius 1 is 1.17 bits per heavy atom. The predicted molar refractivity (Wildman–Crippen MR) is 91.9 cm³/mol. The molecule has 0 aromatic heterocycles. The number of carbonyl (C=O) groups is 2. The molecule has 4 nitrogen and oxygen atoms in total. The van der Waals surface area contributed by atoms with E-state index in [4.69, 9.17) is 9.47 Å². The molecule has 0 bridgehead atoms. The van der Waals surface area contributed by atoms with E-state index in [-0.39, 0.29) is 12.2 Å². The van der Waals surface area contributed by atoms with Crippen molar-refractivity contribution in [3.8, 4) is 5.75 Å². The Labute approximate surface area is 150 Å². The van der Waals surface area contributed by atoms with Gasteiger partial charge in [-0.2, -0.15) is 0 Å². The Bertz CT molecular complexity index is 784. The number of ketones is 1. The molecule has 3 rings (SSSR count). The lowest BCUT2D eigenvalue weighted by molar-refractivity contribution is 0.0367. The second kappa shape index (κ2) is 6.45. The second-order valence-corrected chi connectivity index (χ2v) is 6.81. The third-order valence-electron chi connectivity index (χ3n) is 3.69. The van der Waals surface area contributed by atoms with Gasteiger partial charge in [-0.1, -0.05) is 0 Å².